The van der Waals surface area contributed by atoms with Crippen LogP contribution in [0.5, 0.6) is 11.5 Å². The first kappa shape index (κ1) is 38.1. The molecule has 0 spiro atoms. The summed E-state index contributed by atoms with van der Waals surface area (Å²) in [4.78, 5) is -0.896. The molecular weight excluding hydrogens is 721 g/mol. The highest BCUT2D eigenvalue weighted by Gasteiger charge is 2.26. The lowest BCUT2D eigenvalue weighted by Gasteiger charge is -2.16. The normalized spacial score (nSPS) is 12.6. The van der Waals surface area contributed by atoms with Gasteiger partial charge in [0.2, 0.25) is 0 Å². The van der Waals surface area contributed by atoms with Gasteiger partial charge in [0.05, 0.1) is 38.2 Å². The number of aryl methyl sites for hydroxylation is 2. The monoisotopic (exact) mass is 754 g/mol. The molecule has 264 valence electrons. The summed E-state index contributed by atoms with van der Waals surface area (Å²) in [6.07, 6.45) is 0.229. The molecule has 0 heterocycles. The van der Waals surface area contributed by atoms with Gasteiger partial charge in [0.15, 0.2) is 0 Å². The SMILES string of the molecule is COS(=O)(=O)c1cc(Cc2ccc(Oc3ccc(Cc4ccc(C)c(S(=O)(=O)OC)c4)cc3S(=O)(=O)OC)c(S(=O)(=O)OC)c2)ccc1C. The molecule has 4 aromatic carbocycles. The molecule has 0 atom stereocenters. The van der Waals surface area contributed by atoms with Gasteiger partial charge in [-0.1, -0.05) is 36.4 Å². The van der Waals surface area contributed by atoms with Gasteiger partial charge in [-0.05, 0) is 96.5 Å². The van der Waals surface area contributed by atoms with E-state index in [-0.39, 0.29) is 34.1 Å². The first-order chi connectivity index (χ1) is 22.9. The predicted molar refractivity (Wildman–Crippen MR) is 178 cm³/mol. The predicted octanol–water partition coefficient (Wildman–Crippen LogP) is 4.62. The Hall–Kier alpha value is -3.68. The minimum Gasteiger partial charge on any atom is -0.454 e. The Kier molecular flexibility index (Phi) is 11.4. The summed E-state index contributed by atoms with van der Waals surface area (Å²) in [6.45, 7) is 3.23. The maximum Gasteiger partial charge on any atom is 0.300 e. The van der Waals surface area contributed by atoms with Gasteiger partial charge >= 0.3 is 0 Å². The van der Waals surface area contributed by atoms with Gasteiger partial charge in [-0.15, -0.1) is 0 Å². The van der Waals surface area contributed by atoms with Crippen molar-refractivity contribution in [3.05, 3.63) is 106 Å². The van der Waals surface area contributed by atoms with Crippen molar-refractivity contribution in [3.63, 3.8) is 0 Å². The molecule has 0 aliphatic rings. The van der Waals surface area contributed by atoms with Gasteiger partial charge in [0.1, 0.15) is 21.3 Å². The van der Waals surface area contributed by atoms with Crippen LogP contribution in [-0.2, 0) is 70.0 Å². The highest BCUT2D eigenvalue weighted by molar-refractivity contribution is 7.87. The van der Waals surface area contributed by atoms with Crippen molar-refractivity contribution in [2.24, 2.45) is 0 Å². The molecule has 4 aromatic rings. The lowest BCUT2D eigenvalue weighted by Crippen LogP contribution is -2.09. The van der Waals surface area contributed by atoms with Crippen molar-refractivity contribution in [2.45, 2.75) is 46.3 Å². The molecule has 0 bridgehead atoms. The molecule has 0 saturated carbocycles. The van der Waals surface area contributed by atoms with Gasteiger partial charge in [-0.2, -0.15) is 33.7 Å². The molecule has 0 radical (unpaired) electrons. The number of hydrogen-bond donors (Lipinski definition) is 0. The van der Waals surface area contributed by atoms with Crippen molar-refractivity contribution in [1.82, 2.24) is 0 Å². The van der Waals surface area contributed by atoms with E-state index in [9.17, 15) is 33.7 Å². The molecule has 13 nitrogen and oxygen atoms in total. The van der Waals surface area contributed by atoms with E-state index in [1.165, 1.54) is 48.5 Å². The van der Waals surface area contributed by atoms with E-state index in [0.29, 0.717) is 33.4 Å². The Morgan fingerprint density at radius 1 is 0.408 bits per heavy atom. The van der Waals surface area contributed by atoms with E-state index in [0.717, 1.165) is 28.4 Å². The first-order valence-electron chi connectivity index (χ1n) is 14.2. The Labute approximate surface area is 286 Å². The third-order valence-electron chi connectivity index (χ3n) is 7.51. The number of benzene rings is 4. The molecule has 0 fully saturated rings. The van der Waals surface area contributed by atoms with Crippen molar-refractivity contribution in [3.8, 4) is 11.5 Å². The van der Waals surface area contributed by atoms with Crippen LogP contribution >= 0.6 is 0 Å². The van der Waals surface area contributed by atoms with Gasteiger partial charge in [-0.3, -0.25) is 16.7 Å². The fourth-order valence-electron chi connectivity index (χ4n) is 4.88. The molecule has 4 rings (SSSR count). The fraction of sp³-hybridized carbons (Fsp3) is 0.250. The fourth-order valence-corrected chi connectivity index (χ4v) is 8.42. The average Bonchev–Trinajstić information content (AvgIpc) is 3.07. The lowest BCUT2D eigenvalue weighted by atomic mass is 10.0. The topological polar surface area (TPSA) is 183 Å². The maximum atomic E-state index is 13.0. The van der Waals surface area contributed by atoms with Crippen LogP contribution < -0.4 is 4.74 Å². The summed E-state index contributed by atoms with van der Waals surface area (Å²) in [7, 11) is -12.8. The van der Waals surface area contributed by atoms with E-state index in [2.05, 4.69) is 8.37 Å². The average molecular weight is 755 g/mol. The van der Waals surface area contributed by atoms with Crippen molar-refractivity contribution >= 4 is 40.5 Å². The maximum absolute atomic E-state index is 13.0. The standard InChI is InChI=1S/C32H34O13S4/c1-21-7-9-23(17-29(21)46(33,34)41-3)15-25-11-13-27(31(19-25)48(37,38)43-5)45-28-14-12-26(20-32(28)49(39,40)44-6)16-24-10-8-22(2)30(18-24)47(35,36)42-4/h7-14,17-20H,15-16H2,1-6H3. The molecule has 0 aliphatic carbocycles. The molecule has 0 aliphatic heterocycles. The van der Waals surface area contributed by atoms with Crippen molar-refractivity contribution < 1.29 is 55.1 Å². The third-order valence-corrected chi connectivity index (χ3v) is 12.9. The molecule has 49 heavy (non-hydrogen) atoms. The molecule has 0 saturated heterocycles. The second-order valence-electron chi connectivity index (χ2n) is 10.7. The smallest absolute Gasteiger partial charge is 0.300 e. The number of rotatable bonds is 14. The zero-order chi connectivity index (χ0) is 36.4. The van der Waals surface area contributed by atoms with Crippen LogP contribution in [0.25, 0.3) is 0 Å². The number of hydrogen-bond acceptors (Lipinski definition) is 13. The molecular formula is C32H34O13S4. The highest BCUT2D eigenvalue weighted by Crippen LogP contribution is 2.36. The summed E-state index contributed by atoms with van der Waals surface area (Å²) in [6, 6.07) is 17.7. The Morgan fingerprint density at radius 2 is 0.673 bits per heavy atom. The van der Waals surface area contributed by atoms with Crippen molar-refractivity contribution in [1.29, 1.82) is 0 Å². The van der Waals surface area contributed by atoms with Crippen LogP contribution in [0.4, 0.5) is 0 Å². The Bertz CT molecular complexity index is 2170. The van der Waals surface area contributed by atoms with E-state index in [1.807, 2.05) is 0 Å². The van der Waals surface area contributed by atoms with E-state index < -0.39 is 50.3 Å². The van der Waals surface area contributed by atoms with E-state index in [1.54, 1.807) is 38.1 Å². The van der Waals surface area contributed by atoms with E-state index in [4.69, 9.17) is 13.1 Å². The van der Waals surface area contributed by atoms with Gasteiger partial charge in [0, 0.05) is 0 Å². The van der Waals surface area contributed by atoms with Gasteiger partial charge in [0.25, 0.3) is 40.5 Å². The second-order valence-corrected chi connectivity index (χ2v) is 17.4. The summed E-state index contributed by atoms with van der Waals surface area (Å²) in [5.74, 6) is -0.518. The highest BCUT2D eigenvalue weighted by atomic mass is 32.2. The summed E-state index contributed by atoms with van der Waals surface area (Å²) in [5.41, 5.74) is 2.90. The summed E-state index contributed by atoms with van der Waals surface area (Å²) in [5, 5.41) is 0. The van der Waals surface area contributed by atoms with Crippen LogP contribution in [0.1, 0.15) is 33.4 Å². The largest absolute Gasteiger partial charge is 0.454 e. The first-order valence-corrected chi connectivity index (χ1v) is 19.9. The summed E-state index contributed by atoms with van der Waals surface area (Å²) >= 11 is 0. The number of ether oxygens (including phenoxy) is 1. The quantitative estimate of drug-likeness (QED) is 0.163. The van der Waals surface area contributed by atoms with Gasteiger partial charge < -0.3 is 4.74 Å². The molecule has 0 unspecified atom stereocenters. The van der Waals surface area contributed by atoms with Crippen LogP contribution in [-0.4, -0.2) is 62.1 Å². The Balaban J connectivity index is 1.75. The van der Waals surface area contributed by atoms with Gasteiger partial charge in [-0.25, -0.2) is 0 Å². The second kappa shape index (κ2) is 14.7. The minimum absolute atomic E-state index is 0.0321. The van der Waals surface area contributed by atoms with E-state index >= 15 is 0 Å². The van der Waals surface area contributed by atoms with Crippen LogP contribution in [0, 0.1) is 13.8 Å². The third kappa shape index (κ3) is 8.56. The Morgan fingerprint density at radius 3 is 0.980 bits per heavy atom. The van der Waals surface area contributed by atoms with Crippen LogP contribution in [0.3, 0.4) is 0 Å². The molecule has 0 N–H and O–H groups in total. The molecule has 0 aromatic heterocycles. The lowest BCUT2D eigenvalue weighted by molar-refractivity contribution is 0.384. The minimum atomic E-state index is -4.41. The van der Waals surface area contributed by atoms with Crippen LogP contribution in [0.2, 0.25) is 0 Å². The van der Waals surface area contributed by atoms with Crippen LogP contribution in [0.15, 0.2) is 92.4 Å². The molecule has 0 amide bonds. The van der Waals surface area contributed by atoms with Crippen molar-refractivity contribution in [2.75, 3.05) is 28.4 Å². The zero-order valence-electron chi connectivity index (χ0n) is 27.3. The molecule has 17 heteroatoms. The zero-order valence-corrected chi connectivity index (χ0v) is 30.5. The summed E-state index contributed by atoms with van der Waals surface area (Å²) < 4.78 is 126.